The van der Waals surface area contributed by atoms with Crippen LogP contribution in [-0.2, 0) is 26.2 Å². The summed E-state index contributed by atoms with van der Waals surface area (Å²) in [6, 6.07) is 14.1. The van der Waals surface area contributed by atoms with Gasteiger partial charge in [-0.1, -0.05) is 42.7 Å². The van der Waals surface area contributed by atoms with Crippen LogP contribution in [0.15, 0.2) is 48.5 Å². The molecule has 34 heavy (non-hydrogen) atoms. The molecule has 1 aliphatic carbocycles. The Kier molecular flexibility index (Phi) is 8.97. The number of sulfonamides is 1. The van der Waals surface area contributed by atoms with Crippen molar-refractivity contribution >= 4 is 50.1 Å². The van der Waals surface area contributed by atoms with Crippen LogP contribution in [-0.4, -0.2) is 50.0 Å². The molecule has 1 aliphatic rings. The highest BCUT2D eigenvalue weighted by atomic mass is 127. The molecule has 0 spiro atoms. The summed E-state index contributed by atoms with van der Waals surface area (Å²) in [4.78, 5) is 28.0. The fourth-order valence-corrected chi connectivity index (χ4v) is 5.30. The Hall–Kier alpha value is -2.14. The molecule has 3 rings (SSSR count). The smallest absolute Gasteiger partial charge is 0.244 e. The third kappa shape index (κ3) is 7.18. The average Bonchev–Trinajstić information content (AvgIpc) is 3.29. The molecule has 0 radical (unpaired) electrons. The number of nitrogens with zero attached hydrogens (tertiary/aromatic N) is 2. The van der Waals surface area contributed by atoms with Crippen LogP contribution < -0.4 is 9.62 Å². The van der Waals surface area contributed by atoms with Crippen molar-refractivity contribution in [1.82, 2.24) is 10.2 Å². The van der Waals surface area contributed by atoms with E-state index in [-0.39, 0.29) is 25.0 Å². The van der Waals surface area contributed by atoms with Crippen molar-refractivity contribution in [2.45, 2.75) is 58.2 Å². The number of nitrogens with one attached hydrogen (secondary N) is 1. The van der Waals surface area contributed by atoms with E-state index in [0.717, 1.165) is 50.9 Å². The topological polar surface area (TPSA) is 86.8 Å². The van der Waals surface area contributed by atoms with E-state index in [1.807, 2.05) is 31.2 Å². The third-order valence-electron chi connectivity index (χ3n) is 6.14. The highest BCUT2D eigenvalue weighted by Crippen LogP contribution is 2.21. The zero-order chi connectivity index (χ0) is 24.9. The molecule has 0 aliphatic heterocycles. The second-order valence-corrected chi connectivity index (χ2v) is 12.1. The van der Waals surface area contributed by atoms with E-state index in [0.29, 0.717) is 5.69 Å². The first kappa shape index (κ1) is 26.5. The van der Waals surface area contributed by atoms with E-state index in [1.165, 1.54) is 4.90 Å². The van der Waals surface area contributed by atoms with E-state index >= 15 is 0 Å². The minimum absolute atomic E-state index is 0.130. The average molecular weight is 598 g/mol. The van der Waals surface area contributed by atoms with Gasteiger partial charge in [-0.2, -0.15) is 0 Å². The number of amides is 2. The number of carbonyl (C=O) groups excluding carboxylic acids is 2. The number of hydrogen-bond donors (Lipinski definition) is 1. The van der Waals surface area contributed by atoms with E-state index in [4.69, 9.17) is 0 Å². The normalized spacial score (nSPS) is 15.1. The van der Waals surface area contributed by atoms with E-state index < -0.39 is 22.0 Å². The summed E-state index contributed by atoms with van der Waals surface area (Å²) in [7, 11) is -3.72. The van der Waals surface area contributed by atoms with Gasteiger partial charge in [0.25, 0.3) is 0 Å². The van der Waals surface area contributed by atoms with Gasteiger partial charge in [0.1, 0.15) is 12.6 Å². The van der Waals surface area contributed by atoms with Crippen molar-refractivity contribution in [1.29, 1.82) is 0 Å². The summed E-state index contributed by atoms with van der Waals surface area (Å²) in [5.74, 6) is -0.647. The maximum Gasteiger partial charge on any atom is 0.244 e. The summed E-state index contributed by atoms with van der Waals surface area (Å²) in [6.07, 6.45) is 5.15. The Morgan fingerprint density at radius 2 is 1.65 bits per heavy atom. The van der Waals surface area contributed by atoms with Gasteiger partial charge in [-0.05, 0) is 79.1 Å². The molecule has 2 aromatic rings. The molecule has 1 fully saturated rings. The Morgan fingerprint density at radius 3 is 2.21 bits per heavy atom. The maximum atomic E-state index is 13.5. The quantitative estimate of drug-likeness (QED) is 0.446. The van der Waals surface area contributed by atoms with Crippen LogP contribution in [0.2, 0.25) is 0 Å². The molecule has 1 saturated carbocycles. The Bertz CT molecular complexity index is 1100. The van der Waals surface area contributed by atoms with Crippen molar-refractivity contribution in [3.05, 3.63) is 63.2 Å². The predicted octanol–water partition coefficient (Wildman–Crippen LogP) is 3.84. The highest BCUT2D eigenvalue weighted by molar-refractivity contribution is 14.1. The van der Waals surface area contributed by atoms with Crippen LogP contribution in [0.3, 0.4) is 0 Å². The van der Waals surface area contributed by atoms with Crippen LogP contribution in [0.5, 0.6) is 0 Å². The van der Waals surface area contributed by atoms with Gasteiger partial charge in [0.15, 0.2) is 0 Å². The van der Waals surface area contributed by atoms with Crippen LogP contribution in [0, 0.1) is 10.5 Å². The molecule has 1 atom stereocenters. The highest BCUT2D eigenvalue weighted by Gasteiger charge is 2.31. The van der Waals surface area contributed by atoms with Gasteiger partial charge in [0.05, 0.1) is 11.9 Å². The number of halogens is 1. The van der Waals surface area contributed by atoms with E-state index in [9.17, 15) is 18.0 Å². The van der Waals surface area contributed by atoms with Crippen LogP contribution >= 0.6 is 22.6 Å². The summed E-state index contributed by atoms with van der Waals surface area (Å²) in [5.41, 5.74) is 2.38. The lowest BCUT2D eigenvalue weighted by atomic mass is 10.1. The molecule has 9 heteroatoms. The number of benzene rings is 2. The predicted molar refractivity (Wildman–Crippen MR) is 143 cm³/mol. The number of hydrogen-bond acceptors (Lipinski definition) is 4. The van der Waals surface area contributed by atoms with Crippen molar-refractivity contribution in [2.24, 2.45) is 0 Å². The van der Waals surface area contributed by atoms with Gasteiger partial charge in [-0.25, -0.2) is 8.42 Å². The first-order valence-electron chi connectivity index (χ1n) is 11.4. The SMILES string of the molecule is Cc1ccc(CN(C(=O)CN(c2ccc(I)cc2)S(C)(=O)=O)[C@@H](C)C(=O)NC2CCCC2)cc1. The zero-order valence-corrected chi connectivity index (χ0v) is 22.8. The lowest BCUT2D eigenvalue weighted by Gasteiger charge is -2.32. The largest absolute Gasteiger partial charge is 0.352 e. The molecule has 0 unspecified atom stereocenters. The molecule has 0 bridgehead atoms. The minimum Gasteiger partial charge on any atom is -0.352 e. The maximum absolute atomic E-state index is 13.5. The molecule has 2 aromatic carbocycles. The van der Waals surface area contributed by atoms with E-state index in [1.54, 1.807) is 31.2 Å². The van der Waals surface area contributed by atoms with Gasteiger partial charge in [-0.3, -0.25) is 13.9 Å². The van der Waals surface area contributed by atoms with Crippen molar-refractivity contribution in [3.63, 3.8) is 0 Å². The molecule has 0 saturated heterocycles. The summed E-state index contributed by atoms with van der Waals surface area (Å²) >= 11 is 2.14. The standard InChI is InChI=1S/C25H32IN3O4S/c1-18-8-10-20(11-9-18)16-28(19(2)25(31)27-22-6-4-5-7-22)24(30)17-29(34(3,32)33)23-14-12-21(26)13-15-23/h8-15,19,22H,4-7,16-17H2,1-3H3,(H,27,31)/t19-/m0/s1. The van der Waals surface area contributed by atoms with Gasteiger partial charge >= 0.3 is 0 Å². The fourth-order valence-electron chi connectivity index (χ4n) is 4.09. The molecular weight excluding hydrogens is 565 g/mol. The molecular formula is C25H32IN3O4S. The molecule has 7 nitrogen and oxygen atoms in total. The minimum atomic E-state index is -3.72. The third-order valence-corrected chi connectivity index (χ3v) is 8.00. The summed E-state index contributed by atoms with van der Waals surface area (Å²) < 4.78 is 27.2. The van der Waals surface area contributed by atoms with Crippen LogP contribution in [0.1, 0.15) is 43.7 Å². The second kappa shape index (κ2) is 11.5. The van der Waals surface area contributed by atoms with Gasteiger partial charge < -0.3 is 10.2 Å². The molecule has 2 amide bonds. The fraction of sp³-hybridized carbons (Fsp3) is 0.440. The van der Waals surface area contributed by atoms with Crippen molar-refractivity contribution < 1.29 is 18.0 Å². The van der Waals surface area contributed by atoms with Gasteiger partial charge in [0, 0.05) is 16.2 Å². The lowest BCUT2D eigenvalue weighted by molar-refractivity contribution is -0.139. The summed E-state index contributed by atoms with van der Waals surface area (Å²) in [6.45, 7) is 3.51. The van der Waals surface area contributed by atoms with Gasteiger partial charge in [-0.15, -0.1) is 0 Å². The van der Waals surface area contributed by atoms with Gasteiger partial charge in [0.2, 0.25) is 21.8 Å². The zero-order valence-electron chi connectivity index (χ0n) is 19.8. The number of aryl methyl sites for hydroxylation is 1. The van der Waals surface area contributed by atoms with Crippen LogP contribution in [0.25, 0.3) is 0 Å². The summed E-state index contributed by atoms with van der Waals surface area (Å²) in [5, 5.41) is 3.06. The van der Waals surface area contributed by atoms with E-state index in [2.05, 4.69) is 27.9 Å². The van der Waals surface area contributed by atoms with Crippen LogP contribution in [0.4, 0.5) is 5.69 Å². The molecule has 184 valence electrons. The second-order valence-electron chi connectivity index (χ2n) is 8.92. The first-order valence-corrected chi connectivity index (χ1v) is 14.4. The lowest BCUT2D eigenvalue weighted by Crippen LogP contribution is -2.52. The number of rotatable bonds is 9. The molecule has 1 N–H and O–H groups in total. The number of anilines is 1. The Labute approximate surface area is 216 Å². The molecule has 0 aromatic heterocycles. The Morgan fingerprint density at radius 1 is 1.06 bits per heavy atom. The number of carbonyl (C=O) groups is 2. The van der Waals surface area contributed by atoms with Crippen molar-refractivity contribution in [3.8, 4) is 0 Å². The monoisotopic (exact) mass is 597 g/mol. The van der Waals surface area contributed by atoms with Crippen molar-refractivity contribution in [2.75, 3.05) is 17.1 Å². The molecule has 0 heterocycles. The Balaban J connectivity index is 1.86. The first-order chi connectivity index (χ1) is 16.0.